The molecule has 3 aromatic rings. The minimum Gasteiger partial charge on any atom is -0.427 e. The molecule has 0 saturated heterocycles. The molecule has 3 aromatic carbocycles. The van der Waals surface area contributed by atoms with E-state index in [0.717, 1.165) is 10.8 Å². The first-order chi connectivity index (χ1) is 10.8. The summed E-state index contributed by atoms with van der Waals surface area (Å²) in [4.78, 5) is 10.9. The number of fused-ring (bicyclic) bond motifs is 2. The maximum absolute atomic E-state index is 10.9. The topological polar surface area (TPSA) is 73.9 Å². The van der Waals surface area contributed by atoms with Crippen molar-refractivity contribution in [3.05, 3.63) is 54.1 Å². The van der Waals surface area contributed by atoms with Crippen molar-refractivity contribution < 1.29 is 9.53 Å². The largest absolute Gasteiger partial charge is 0.427 e. The Hall–Kier alpha value is -3.37. The Morgan fingerprint density at radius 2 is 1.32 bits per heavy atom. The maximum Gasteiger partial charge on any atom is 0.298 e. The van der Waals surface area contributed by atoms with Crippen molar-refractivity contribution in [3.63, 3.8) is 0 Å². The second kappa shape index (κ2) is 5.55. The highest BCUT2D eigenvalue weighted by atomic mass is 16.5. The zero-order valence-corrected chi connectivity index (χ0v) is 11.5. The normalized spacial score (nSPS) is 10.3. The van der Waals surface area contributed by atoms with E-state index in [2.05, 4.69) is 0 Å². The molecule has 0 amide bonds. The number of rotatable bonds is 3. The molecule has 0 aromatic heterocycles. The van der Waals surface area contributed by atoms with Gasteiger partial charge in [-0.05, 0) is 16.3 Å². The van der Waals surface area contributed by atoms with Crippen molar-refractivity contribution >= 4 is 28.0 Å². The summed E-state index contributed by atoms with van der Waals surface area (Å²) in [6.07, 6.45) is 0. The molecule has 4 nitrogen and oxygen atoms in total. The van der Waals surface area contributed by atoms with Gasteiger partial charge in [0.25, 0.3) is 6.47 Å². The molecule has 0 radical (unpaired) electrons. The maximum atomic E-state index is 10.9. The molecule has 0 aliphatic heterocycles. The predicted octanol–water partition coefficient (Wildman–Crippen LogP) is 3.66. The molecule has 0 unspecified atom stereocenters. The van der Waals surface area contributed by atoms with E-state index < -0.39 is 5.92 Å². The molecule has 3 rings (SSSR count). The van der Waals surface area contributed by atoms with E-state index in [1.54, 1.807) is 0 Å². The molecule has 0 fully saturated rings. The van der Waals surface area contributed by atoms with Crippen LogP contribution in [0.2, 0.25) is 0 Å². The fraction of sp³-hybridized carbons (Fsp3) is 0.0556. The summed E-state index contributed by atoms with van der Waals surface area (Å²) >= 11 is 0. The van der Waals surface area contributed by atoms with Crippen molar-refractivity contribution in [2.75, 3.05) is 0 Å². The van der Waals surface area contributed by atoms with Gasteiger partial charge < -0.3 is 4.74 Å². The number of ether oxygens (including phenoxy) is 1. The van der Waals surface area contributed by atoms with Crippen molar-refractivity contribution in [1.82, 2.24) is 0 Å². The van der Waals surface area contributed by atoms with Gasteiger partial charge in [0.2, 0.25) is 0 Å². The first-order valence-corrected chi connectivity index (χ1v) is 6.64. The smallest absolute Gasteiger partial charge is 0.298 e. The number of nitrogens with zero attached hydrogens (tertiary/aromatic N) is 2. The molecule has 4 heteroatoms. The number of carbonyl (C=O) groups is 1. The van der Waals surface area contributed by atoms with Crippen LogP contribution < -0.4 is 4.74 Å². The Bertz CT molecular complexity index is 893. The number of hydrogen-bond acceptors (Lipinski definition) is 4. The number of carbonyl (C=O) groups excluding carboxylic acids is 1. The molecule has 0 atom stereocenters. The van der Waals surface area contributed by atoms with E-state index in [4.69, 9.17) is 4.74 Å². The van der Waals surface area contributed by atoms with Gasteiger partial charge in [0.1, 0.15) is 5.75 Å². The van der Waals surface area contributed by atoms with Gasteiger partial charge in [-0.3, -0.25) is 4.79 Å². The third-order valence-electron chi connectivity index (χ3n) is 3.64. The third kappa shape index (κ3) is 1.95. The molecule has 104 valence electrons. The SMILES string of the molecule is N#CC(C#N)c1c2ccccc2c(OC=O)c2ccccc12. The number of nitriles is 2. The Balaban J connectivity index is 2.58. The summed E-state index contributed by atoms with van der Waals surface area (Å²) in [5, 5.41) is 21.5. The summed E-state index contributed by atoms with van der Waals surface area (Å²) in [5.41, 5.74) is 0.648. The number of benzene rings is 3. The van der Waals surface area contributed by atoms with Gasteiger partial charge in [0.05, 0.1) is 12.1 Å². The van der Waals surface area contributed by atoms with E-state index in [1.807, 2.05) is 60.7 Å². The van der Waals surface area contributed by atoms with Gasteiger partial charge in [-0.1, -0.05) is 48.5 Å². The molecular weight excluding hydrogens is 276 g/mol. The van der Waals surface area contributed by atoms with Crippen LogP contribution in [0.4, 0.5) is 0 Å². The molecular formula is C18H10N2O2. The van der Waals surface area contributed by atoms with Crippen LogP contribution in [0.5, 0.6) is 5.75 Å². The van der Waals surface area contributed by atoms with Crippen LogP contribution in [0.15, 0.2) is 48.5 Å². The lowest BCUT2D eigenvalue weighted by molar-refractivity contribution is -0.120. The van der Waals surface area contributed by atoms with E-state index >= 15 is 0 Å². The van der Waals surface area contributed by atoms with Gasteiger partial charge in [-0.15, -0.1) is 0 Å². The van der Waals surface area contributed by atoms with Crippen molar-refractivity contribution in [2.24, 2.45) is 0 Å². The van der Waals surface area contributed by atoms with Gasteiger partial charge in [-0.25, -0.2) is 0 Å². The van der Waals surface area contributed by atoms with Crippen molar-refractivity contribution in [2.45, 2.75) is 5.92 Å². The quantitative estimate of drug-likeness (QED) is 0.544. The van der Waals surface area contributed by atoms with Gasteiger partial charge >= 0.3 is 0 Å². The molecule has 0 bridgehead atoms. The highest BCUT2D eigenvalue weighted by Crippen LogP contribution is 2.40. The molecule has 0 aliphatic carbocycles. The Morgan fingerprint density at radius 1 is 0.864 bits per heavy atom. The Morgan fingerprint density at radius 3 is 1.73 bits per heavy atom. The van der Waals surface area contributed by atoms with Crippen LogP contribution in [0.3, 0.4) is 0 Å². The standard InChI is InChI=1S/C18H10N2O2/c19-9-12(10-20)17-13-5-1-3-7-15(13)18(22-11-21)16-8-4-2-6-14(16)17/h1-8,11-12H. The van der Waals surface area contributed by atoms with Crippen LogP contribution in [0.25, 0.3) is 21.5 Å². The van der Waals surface area contributed by atoms with Crippen molar-refractivity contribution in [1.29, 1.82) is 10.5 Å². The molecule has 0 aliphatic rings. The summed E-state index contributed by atoms with van der Waals surface area (Å²) < 4.78 is 5.19. The molecule has 0 N–H and O–H groups in total. The fourth-order valence-corrected chi connectivity index (χ4v) is 2.77. The Labute approximate surface area is 126 Å². The third-order valence-corrected chi connectivity index (χ3v) is 3.64. The monoisotopic (exact) mass is 286 g/mol. The lowest BCUT2D eigenvalue weighted by atomic mass is 9.89. The highest BCUT2D eigenvalue weighted by Gasteiger charge is 2.20. The molecule has 0 saturated carbocycles. The van der Waals surface area contributed by atoms with E-state index in [1.165, 1.54) is 0 Å². The van der Waals surface area contributed by atoms with Crippen LogP contribution >= 0.6 is 0 Å². The van der Waals surface area contributed by atoms with E-state index in [-0.39, 0.29) is 0 Å². The second-order valence-electron chi connectivity index (χ2n) is 4.74. The summed E-state index contributed by atoms with van der Waals surface area (Å²) in [6, 6.07) is 18.7. The van der Waals surface area contributed by atoms with Crippen LogP contribution in [0.1, 0.15) is 11.5 Å². The first-order valence-electron chi connectivity index (χ1n) is 6.64. The van der Waals surface area contributed by atoms with Gasteiger partial charge in [-0.2, -0.15) is 10.5 Å². The van der Waals surface area contributed by atoms with Crippen LogP contribution in [-0.2, 0) is 4.79 Å². The van der Waals surface area contributed by atoms with E-state index in [9.17, 15) is 15.3 Å². The van der Waals surface area contributed by atoms with Crippen LogP contribution in [0, 0.1) is 22.7 Å². The predicted molar refractivity (Wildman–Crippen MR) is 82.1 cm³/mol. The van der Waals surface area contributed by atoms with Gasteiger partial charge in [0, 0.05) is 10.8 Å². The van der Waals surface area contributed by atoms with Crippen LogP contribution in [-0.4, -0.2) is 6.47 Å². The molecule has 0 heterocycles. The highest BCUT2D eigenvalue weighted by molar-refractivity contribution is 6.09. The molecule has 0 spiro atoms. The summed E-state index contributed by atoms with van der Waals surface area (Å²) in [5.74, 6) is -0.445. The number of hydrogen-bond donors (Lipinski definition) is 0. The van der Waals surface area contributed by atoms with Gasteiger partial charge in [0.15, 0.2) is 5.92 Å². The Kier molecular flexibility index (Phi) is 3.43. The van der Waals surface area contributed by atoms with E-state index in [0.29, 0.717) is 28.6 Å². The fourth-order valence-electron chi connectivity index (χ4n) is 2.77. The zero-order chi connectivity index (χ0) is 15.5. The lowest BCUT2D eigenvalue weighted by Crippen LogP contribution is -1.99. The minimum absolute atomic E-state index is 0.389. The zero-order valence-electron chi connectivity index (χ0n) is 11.5. The van der Waals surface area contributed by atoms with Crippen molar-refractivity contribution in [3.8, 4) is 17.9 Å². The summed E-state index contributed by atoms with van der Waals surface area (Å²) in [6.45, 7) is 0.389. The molecule has 22 heavy (non-hydrogen) atoms. The summed E-state index contributed by atoms with van der Waals surface area (Å²) in [7, 11) is 0. The second-order valence-corrected chi connectivity index (χ2v) is 4.74. The average Bonchev–Trinajstić information content (AvgIpc) is 2.58. The lowest BCUT2D eigenvalue weighted by Gasteiger charge is -2.15. The average molecular weight is 286 g/mol. The minimum atomic E-state index is -0.889. The first kappa shape index (κ1) is 13.6.